The third-order valence-electron chi connectivity index (χ3n) is 4.87. The van der Waals surface area contributed by atoms with Crippen molar-refractivity contribution < 1.29 is 28.8 Å². The van der Waals surface area contributed by atoms with Gasteiger partial charge in [-0.3, -0.25) is 0 Å². The van der Waals surface area contributed by atoms with E-state index in [1.807, 2.05) is 12.1 Å². The lowest BCUT2D eigenvalue weighted by Crippen LogP contribution is -3.16. The predicted octanol–water partition coefficient (Wildman–Crippen LogP) is 1.05. The topological polar surface area (TPSA) is 48.7 Å². The van der Waals surface area contributed by atoms with Crippen LogP contribution in [0.5, 0.6) is 11.5 Å². The molecule has 2 aromatic rings. The monoisotopic (exact) mass is 410 g/mol. The van der Waals surface area contributed by atoms with Crippen LogP contribution in [0, 0.1) is 5.82 Å². The zero-order chi connectivity index (χ0) is 19.8. The maximum Gasteiger partial charge on any atom is 0.180 e. The summed E-state index contributed by atoms with van der Waals surface area (Å²) < 4.78 is 29.7. The van der Waals surface area contributed by atoms with Crippen LogP contribution in [-0.2, 0) is 17.9 Å². The van der Waals surface area contributed by atoms with Crippen molar-refractivity contribution in [1.82, 2.24) is 0 Å². The van der Waals surface area contributed by atoms with Crippen LogP contribution in [0.4, 0.5) is 4.39 Å². The molecule has 7 heteroatoms. The van der Waals surface area contributed by atoms with E-state index in [0.29, 0.717) is 23.1 Å². The number of methoxy groups -OCH3 is 1. The Balaban J connectivity index is 1.53. The Kier molecular flexibility index (Phi) is 7.91. The number of hydrogen-bond donors (Lipinski definition) is 2. The number of nitrogens with two attached hydrogens (primary N) is 1. The van der Waals surface area contributed by atoms with Gasteiger partial charge in [-0.05, 0) is 29.8 Å². The lowest BCUT2D eigenvalue weighted by atomic mass is 10.2. The molecule has 1 fully saturated rings. The van der Waals surface area contributed by atoms with E-state index >= 15 is 0 Å². The highest BCUT2D eigenvalue weighted by molar-refractivity contribution is 6.32. The van der Waals surface area contributed by atoms with Gasteiger partial charge in [0.05, 0.1) is 25.3 Å². The van der Waals surface area contributed by atoms with Crippen molar-refractivity contribution in [3.8, 4) is 11.5 Å². The highest BCUT2D eigenvalue weighted by atomic mass is 35.5. The molecule has 0 unspecified atom stereocenters. The number of nitrogens with one attached hydrogen (secondary N) is 1. The molecule has 0 spiro atoms. The van der Waals surface area contributed by atoms with Crippen molar-refractivity contribution in [2.24, 2.45) is 0 Å². The average molecular weight is 411 g/mol. The number of ether oxygens (including phenoxy) is 3. The number of quaternary nitrogens is 2. The van der Waals surface area contributed by atoms with Gasteiger partial charge in [-0.2, -0.15) is 0 Å². The zero-order valence-corrected chi connectivity index (χ0v) is 16.9. The third-order valence-corrected chi connectivity index (χ3v) is 5.15. The summed E-state index contributed by atoms with van der Waals surface area (Å²) in [5, 5.41) is 2.80. The van der Waals surface area contributed by atoms with Crippen LogP contribution < -0.4 is 19.7 Å². The summed E-state index contributed by atoms with van der Waals surface area (Å²) in [5.41, 5.74) is 1.95. The van der Waals surface area contributed by atoms with Gasteiger partial charge in [-0.1, -0.05) is 23.7 Å². The van der Waals surface area contributed by atoms with E-state index < -0.39 is 0 Å². The van der Waals surface area contributed by atoms with E-state index in [1.54, 1.807) is 24.1 Å². The fourth-order valence-corrected chi connectivity index (χ4v) is 3.54. The number of morpholine rings is 1. The summed E-state index contributed by atoms with van der Waals surface area (Å²) in [6.07, 6.45) is 0. The second-order valence-electron chi connectivity index (χ2n) is 6.92. The van der Waals surface area contributed by atoms with Gasteiger partial charge in [0.15, 0.2) is 11.5 Å². The van der Waals surface area contributed by atoms with Crippen molar-refractivity contribution in [2.75, 3.05) is 46.5 Å². The minimum atomic E-state index is -0.268. The van der Waals surface area contributed by atoms with Crippen LogP contribution in [-0.4, -0.2) is 46.5 Å². The molecule has 5 nitrogen and oxygen atoms in total. The largest absolute Gasteiger partial charge is 0.493 e. The zero-order valence-electron chi connectivity index (χ0n) is 16.2. The van der Waals surface area contributed by atoms with Gasteiger partial charge in [0, 0.05) is 5.56 Å². The van der Waals surface area contributed by atoms with Gasteiger partial charge in [0.25, 0.3) is 0 Å². The Morgan fingerprint density at radius 3 is 2.61 bits per heavy atom. The van der Waals surface area contributed by atoms with Crippen molar-refractivity contribution in [3.05, 3.63) is 58.4 Å². The van der Waals surface area contributed by atoms with Crippen molar-refractivity contribution in [3.63, 3.8) is 0 Å². The molecule has 1 saturated heterocycles. The van der Waals surface area contributed by atoms with Crippen LogP contribution in [0.3, 0.4) is 0 Å². The minimum Gasteiger partial charge on any atom is -0.493 e. The highest BCUT2D eigenvalue weighted by Gasteiger charge is 2.15. The first kappa shape index (κ1) is 20.9. The Bertz CT molecular complexity index is 752. The molecule has 0 aliphatic carbocycles. The van der Waals surface area contributed by atoms with Gasteiger partial charge in [-0.25, -0.2) is 4.39 Å². The molecule has 0 aromatic heterocycles. The molecule has 1 heterocycles. The Morgan fingerprint density at radius 2 is 1.89 bits per heavy atom. The van der Waals surface area contributed by atoms with Crippen LogP contribution in [0.25, 0.3) is 0 Å². The normalized spacial score (nSPS) is 14.8. The molecular weight excluding hydrogens is 383 g/mol. The molecule has 3 N–H and O–H groups in total. The Morgan fingerprint density at radius 1 is 1.14 bits per heavy atom. The van der Waals surface area contributed by atoms with Crippen LogP contribution >= 0.6 is 11.6 Å². The summed E-state index contributed by atoms with van der Waals surface area (Å²) in [7, 11) is 1.60. The minimum absolute atomic E-state index is 0.268. The first-order valence-corrected chi connectivity index (χ1v) is 10.00. The molecule has 28 heavy (non-hydrogen) atoms. The van der Waals surface area contributed by atoms with E-state index in [9.17, 15) is 4.39 Å². The summed E-state index contributed by atoms with van der Waals surface area (Å²) in [4.78, 5) is 1.60. The summed E-state index contributed by atoms with van der Waals surface area (Å²) in [6, 6.07) is 10.1. The van der Waals surface area contributed by atoms with Gasteiger partial charge in [-0.15, -0.1) is 0 Å². The third kappa shape index (κ3) is 6.07. The van der Waals surface area contributed by atoms with Crippen LogP contribution in [0.2, 0.25) is 5.02 Å². The molecular formula is C21H28ClFN2O3+2. The predicted molar refractivity (Wildman–Crippen MR) is 106 cm³/mol. The second kappa shape index (κ2) is 10.6. The summed E-state index contributed by atoms with van der Waals surface area (Å²) in [6.45, 7) is 7.22. The van der Waals surface area contributed by atoms with Crippen molar-refractivity contribution in [2.45, 2.75) is 13.2 Å². The summed E-state index contributed by atoms with van der Waals surface area (Å²) in [5.74, 6) is 0.849. The SMILES string of the molecule is COc1cc(C[NH2+]CC[NH+]2CCOCC2)cc(Cl)c1OCc1ccc(F)cc1. The second-order valence-corrected chi connectivity index (χ2v) is 7.33. The standard InChI is InChI=1S/C21H26ClFN2O3/c1-26-20-13-17(14-24-6-7-25-8-10-27-11-9-25)12-19(22)21(20)28-15-16-2-4-18(23)5-3-16/h2-5,12-13,24H,6-11,14-15H2,1H3/p+2. The molecule has 1 aliphatic heterocycles. The smallest absolute Gasteiger partial charge is 0.180 e. The molecule has 0 atom stereocenters. The average Bonchev–Trinajstić information content (AvgIpc) is 2.72. The van der Waals surface area contributed by atoms with E-state index in [4.69, 9.17) is 25.8 Å². The first-order valence-electron chi connectivity index (χ1n) is 9.62. The molecule has 0 amide bonds. The Hall–Kier alpha value is -1.86. The Labute approximate surface area is 170 Å². The van der Waals surface area contributed by atoms with Gasteiger partial charge in [0.2, 0.25) is 0 Å². The van der Waals surface area contributed by atoms with Gasteiger partial charge >= 0.3 is 0 Å². The molecule has 3 rings (SSSR count). The molecule has 1 aliphatic rings. The maximum atomic E-state index is 13.0. The van der Waals surface area contributed by atoms with E-state index in [-0.39, 0.29) is 5.82 Å². The van der Waals surface area contributed by atoms with Crippen molar-refractivity contribution >= 4 is 11.6 Å². The number of rotatable bonds is 9. The summed E-state index contributed by atoms with van der Waals surface area (Å²) >= 11 is 6.44. The van der Waals surface area contributed by atoms with Crippen LogP contribution in [0.1, 0.15) is 11.1 Å². The molecule has 0 saturated carbocycles. The van der Waals surface area contributed by atoms with E-state index in [1.165, 1.54) is 12.1 Å². The van der Waals surface area contributed by atoms with E-state index in [2.05, 4.69) is 5.32 Å². The van der Waals surface area contributed by atoms with Gasteiger partial charge < -0.3 is 24.4 Å². The first-order chi connectivity index (χ1) is 13.7. The lowest BCUT2D eigenvalue weighted by molar-refractivity contribution is -0.920. The number of halogens is 2. The molecule has 0 bridgehead atoms. The quantitative estimate of drug-likeness (QED) is 0.607. The van der Waals surface area contributed by atoms with E-state index in [0.717, 1.165) is 57.1 Å². The van der Waals surface area contributed by atoms with Crippen molar-refractivity contribution in [1.29, 1.82) is 0 Å². The molecule has 2 aromatic carbocycles. The maximum absolute atomic E-state index is 13.0. The van der Waals surface area contributed by atoms with Crippen LogP contribution in [0.15, 0.2) is 36.4 Å². The molecule has 152 valence electrons. The fourth-order valence-electron chi connectivity index (χ4n) is 3.25. The van der Waals surface area contributed by atoms with Gasteiger partial charge in [0.1, 0.15) is 45.1 Å². The fraction of sp³-hybridized carbons (Fsp3) is 0.429. The highest BCUT2D eigenvalue weighted by Crippen LogP contribution is 2.36. The molecule has 0 radical (unpaired) electrons. The number of hydrogen-bond acceptors (Lipinski definition) is 3. The number of benzene rings is 2. The lowest BCUT2D eigenvalue weighted by Gasteiger charge is -2.22.